The van der Waals surface area contributed by atoms with Crippen molar-refractivity contribution in [2.45, 2.75) is 206 Å². The van der Waals surface area contributed by atoms with E-state index in [1.807, 2.05) is 0 Å². The van der Waals surface area contributed by atoms with E-state index in [2.05, 4.69) is 13.8 Å². The smallest absolute Gasteiger partial charge is 0.102 e. The lowest BCUT2D eigenvalue weighted by atomic mass is 10.0. The van der Waals surface area contributed by atoms with E-state index in [0.717, 1.165) is 74.2 Å². The van der Waals surface area contributed by atoms with Gasteiger partial charge in [-0.05, 0) is 25.7 Å². The van der Waals surface area contributed by atoms with Crippen molar-refractivity contribution in [3.8, 4) is 0 Å². The van der Waals surface area contributed by atoms with Crippen LogP contribution in [0.15, 0.2) is 0 Å². The minimum atomic E-state index is 0.173. The van der Waals surface area contributed by atoms with Crippen molar-refractivity contribution < 1.29 is 29.4 Å². The van der Waals surface area contributed by atoms with Gasteiger partial charge in [-0.2, -0.15) is 0 Å². The normalized spacial score (nSPS) is 12.4. The molecule has 0 aliphatic rings. The molecule has 6 heteroatoms. The standard InChI is InChI=1S/C44H94N2O4/c1-3-5-7-9-11-13-15-17-19-21-23-25-27-29-33-45(37-41-47,38-42-48)35-31-32-36-46(39-43-49,40-44-50)34-30-28-26-24-22-20-18-16-14-12-10-8-6-4-2/h47-50H,3-44H2,1-2H3/q+2. The van der Waals surface area contributed by atoms with Crippen LogP contribution in [0.3, 0.4) is 0 Å². The number of aliphatic hydroxyl groups excluding tert-OH is 4. The van der Waals surface area contributed by atoms with E-state index < -0.39 is 0 Å². The van der Waals surface area contributed by atoms with E-state index in [4.69, 9.17) is 0 Å². The van der Waals surface area contributed by atoms with Crippen molar-refractivity contribution in [3.63, 3.8) is 0 Å². The van der Waals surface area contributed by atoms with Gasteiger partial charge in [0.15, 0.2) is 0 Å². The van der Waals surface area contributed by atoms with E-state index in [9.17, 15) is 20.4 Å². The van der Waals surface area contributed by atoms with Crippen LogP contribution in [-0.4, -0.2) is 108 Å². The van der Waals surface area contributed by atoms with Gasteiger partial charge in [-0.25, -0.2) is 0 Å². The first-order chi connectivity index (χ1) is 24.6. The van der Waals surface area contributed by atoms with Gasteiger partial charge in [0, 0.05) is 12.8 Å². The molecule has 302 valence electrons. The zero-order valence-electron chi connectivity index (χ0n) is 34.4. The molecular formula is C44H94N2O4+2. The predicted octanol–water partition coefficient (Wildman–Crippen LogP) is 10.3. The summed E-state index contributed by atoms with van der Waals surface area (Å²) in [4.78, 5) is 0. The number of hydrogen-bond acceptors (Lipinski definition) is 4. The first kappa shape index (κ1) is 49.8. The maximum Gasteiger partial charge on any atom is 0.102 e. The van der Waals surface area contributed by atoms with Crippen LogP contribution in [0.1, 0.15) is 206 Å². The summed E-state index contributed by atoms with van der Waals surface area (Å²) < 4.78 is 1.65. The third kappa shape index (κ3) is 30.2. The van der Waals surface area contributed by atoms with E-state index in [0.29, 0.717) is 0 Å². The average molecular weight is 715 g/mol. The second kappa shape index (κ2) is 38.5. The topological polar surface area (TPSA) is 80.9 Å². The van der Waals surface area contributed by atoms with Crippen LogP contribution in [0.4, 0.5) is 0 Å². The van der Waals surface area contributed by atoms with Crippen molar-refractivity contribution >= 4 is 0 Å². The van der Waals surface area contributed by atoms with Gasteiger partial charge in [-0.1, -0.05) is 168 Å². The Morgan fingerprint density at radius 3 is 0.560 bits per heavy atom. The van der Waals surface area contributed by atoms with Gasteiger partial charge >= 0.3 is 0 Å². The largest absolute Gasteiger partial charge is 0.391 e. The van der Waals surface area contributed by atoms with Gasteiger partial charge in [0.1, 0.15) is 26.2 Å². The second-order valence-corrected chi connectivity index (χ2v) is 16.3. The molecule has 0 radical (unpaired) electrons. The van der Waals surface area contributed by atoms with Gasteiger partial charge in [0.2, 0.25) is 0 Å². The molecular weight excluding hydrogens is 620 g/mol. The maximum atomic E-state index is 9.97. The third-order valence-corrected chi connectivity index (χ3v) is 11.8. The van der Waals surface area contributed by atoms with Crippen molar-refractivity contribution in [2.75, 3.05) is 78.8 Å². The van der Waals surface area contributed by atoms with Crippen molar-refractivity contribution in [1.29, 1.82) is 0 Å². The fourth-order valence-corrected chi connectivity index (χ4v) is 8.37. The summed E-state index contributed by atoms with van der Waals surface area (Å²) in [7, 11) is 0. The van der Waals surface area contributed by atoms with Crippen LogP contribution in [0.5, 0.6) is 0 Å². The van der Waals surface area contributed by atoms with Crippen molar-refractivity contribution in [1.82, 2.24) is 0 Å². The highest BCUT2D eigenvalue weighted by Crippen LogP contribution is 2.19. The van der Waals surface area contributed by atoms with Gasteiger partial charge < -0.3 is 29.4 Å². The Balaban J connectivity index is 4.38. The summed E-state index contributed by atoms with van der Waals surface area (Å²) in [6, 6.07) is 0. The first-order valence-electron chi connectivity index (χ1n) is 22.7. The minimum Gasteiger partial charge on any atom is -0.391 e. The highest BCUT2D eigenvalue weighted by molar-refractivity contribution is 4.55. The minimum absolute atomic E-state index is 0.173. The van der Waals surface area contributed by atoms with Crippen LogP contribution >= 0.6 is 0 Å². The fraction of sp³-hybridized carbons (Fsp3) is 1.00. The molecule has 0 unspecified atom stereocenters. The Morgan fingerprint density at radius 1 is 0.220 bits per heavy atom. The quantitative estimate of drug-likeness (QED) is 0.0374. The van der Waals surface area contributed by atoms with Gasteiger partial charge in [-0.15, -0.1) is 0 Å². The molecule has 0 spiro atoms. The lowest BCUT2D eigenvalue weighted by Crippen LogP contribution is -2.54. The average Bonchev–Trinajstić information content (AvgIpc) is 3.11. The zero-order valence-corrected chi connectivity index (χ0v) is 34.4. The number of unbranched alkanes of at least 4 members (excludes halogenated alkanes) is 27. The number of nitrogens with zero attached hydrogens (tertiary/aromatic N) is 2. The molecule has 0 aromatic carbocycles. The van der Waals surface area contributed by atoms with Crippen LogP contribution in [0.2, 0.25) is 0 Å². The Kier molecular flexibility index (Phi) is 38.3. The molecule has 0 aromatic heterocycles. The van der Waals surface area contributed by atoms with Crippen molar-refractivity contribution in [3.05, 3.63) is 0 Å². The summed E-state index contributed by atoms with van der Waals surface area (Å²) in [5.41, 5.74) is 0. The predicted molar refractivity (Wildman–Crippen MR) is 218 cm³/mol. The zero-order chi connectivity index (χ0) is 36.7. The molecule has 0 fully saturated rings. The Hall–Kier alpha value is -0.240. The van der Waals surface area contributed by atoms with E-state index >= 15 is 0 Å². The Morgan fingerprint density at radius 2 is 0.380 bits per heavy atom. The SMILES string of the molecule is CCCCCCCCCCCCCCCC[N+](CCO)(CCO)CCCC[N+](CCO)(CCO)CCCCCCCCCCCCCCCC. The molecule has 0 rings (SSSR count). The molecule has 0 aliphatic carbocycles. The summed E-state index contributed by atoms with van der Waals surface area (Å²) in [6.45, 7) is 12.3. The number of rotatable bonds is 43. The highest BCUT2D eigenvalue weighted by atomic mass is 16.3. The number of quaternary nitrogens is 2. The van der Waals surface area contributed by atoms with Crippen molar-refractivity contribution in [2.24, 2.45) is 0 Å². The number of hydrogen-bond donors (Lipinski definition) is 4. The Bertz CT molecular complexity index is 584. The molecule has 0 heterocycles. The second-order valence-electron chi connectivity index (χ2n) is 16.3. The molecule has 0 aliphatic heterocycles. The van der Waals surface area contributed by atoms with Gasteiger partial charge in [0.05, 0.1) is 52.6 Å². The molecule has 4 N–H and O–H groups in total. The Labute approximate surface area is 314 Å². The van der Waals surface area contributed by atoms with E-state index in [-0.39, 0.29) is 26.4 Å². The molecule has 0 saturated carbocycles. The third-order valence-electron chi connectivity index (χ3n) is 11.8. The van der Waals surface area contributed by atoms with Gasteiger partial charge in [-0.3, -0.25) is 0 Å². The van der Waals surface area contributed by atoms with Gasteiger partial charge in [0.25, 0.3) is 0 Å². The first-order valence-corrected chi connectivity index (χ1v) is 22.7. The van der Waals surface area contributed by atoms with Crippen LogP contribution in [0, 0.1) is 0 Å². The molecule has 0 bridgehead atoms. The van der Waals surface area contributed by atoms with Crippen LogP contribution in [0.25, 0.3) is 0 Å². The molecule has 50 heavy (non-hydrogen) atoms. The van der Waals surface area contributed by atoms with E-state index in [1.165, 1.54) is 180 Å². The molecule has 6 nitrogen and oxygen atoms in total. The summed E-state index contributed by atoms with van der Waals surface area (Å²) in [6.07, 6.45) is 40.2. The fourth-order valence-electron chi connectivity index (χ4n) is 8.37. The lowest BCUT2D eigenvalue weighted by molar-refractivity contribution is -0.935. The highest BCUT2D eigenvalue weighted by Gasteiger charge is 2.28. The maximum absolute atomic E-state index is 9.97. The molecule has 0 amide bonds. The summed E-state index contributed by atoms with van der Waals surface area (Å²) in [5.74, 6) is 0. The summed E-state index contributed by atoms with van der Waals surface area (Å²) >= 11 is 0. The number of aliphatic hydroxyl groups is 4. The van der Waals surface area contributed by atoms with Crippen LogP contribution in [-0.2, 0) is 0 Å². The van der Waals surface area contributed by atoms with Crippen LogP contribution < -0.4 is 0 Å². The monoisotopic (exact) mass is 715 g/mol. The molecule has 0 saturated heterocycles. The molecule has 0 aromatic rings. The summed E-state index contributed by atoms with van der Waals surface area (Å²) in [5, 5.41) is 39.9. The lowest BCUT2D eigenvalue weighted by Gasteiger charge is -2.40. The molecule has 0 atom stereocenters. The van der Waals surface area contributed by atoms with E-state index in [1.54, 1.807) is 0 Å².